The van der Waals surface area contributed by atoms with Gasteiger partial charge in [0.1, 0.15) is 6.04 Å². The Balaban J connectivity index is 1.50. The first-order chi connectivity index (χ1) is 22.5. The Morgan fingerprint density at radius 3 is 2.23 bits per heavy atom. The van der Waals surface area contributed by atoms with E-state index >= 15 is 0 Å². The normalized spacial score (nSPS) is 15.7. The van der Waals surface area contributed by atoms with Crippen molar-refractivity contribution in [1.29, 1.82) is 0 Å². The molecule has 2 amide bonds. The van der Waals surface area contributed by atoms with Crippen molar-refractivity contribution in [1.82, 2.24) is 15.5 Å². The summed E-state index contributed by atoms with van der Waals surface area (Å²) in [6.45, 7) is 7.59. The van der Waals surface area contributed by atoms with Crippen LogP contribution in [-0.4, -0.2) is 66.3 Å². The Bertz CT molecular complexity index is 1510. The van der Waals surface area contributed by atoms with Crippen molar-refractivity contribution in [3.63, 3.8) is 0 Å². The monoisotopic (exact) mass is 661 g/mol. The largest absolute Gasteiger partial charge is 0.465 e. The topological polar surface area (TPSA) is 152 Å². The molecule has 2 heterocycles. The maximum absolute atomic E-state index is 14.4. The molecule has 1 aliphatic rings. The number of nitrogens with one attached hydrogen (secondary N) is 2. The average molecular weight is 662 g/mol. The van der Waals surface area contributed by atoms with Crippen LogP contribution in [0.15, 0.2) is 78.0 Å². The molecule has 3 aromatic rings. The van der Waals surface area contributed by atoms with E-state index in [9.17, 15) is 19.2 Å². The number of ether oxygens (including phenoxy) is 1. The number of esters is 1. The molecule has 1 aliphatic heterocycles. The Kier molecular flexibility index (Phi) is 12.3. The zero-order valence-corrected chi connectivity index (χ0v) is 28.0. The Morgan fingerprint density at radius 1 is 1.00 bits per heavy atom. The molecule has 12 heteroatoms. The van der Waals surface area contributed by atoms with Gasteiger partial charge in [0.2, 0.25) is 11.8 Å². The smallest absolute Gasteiger partial charge is 0.340 e. The van der Waals surface area contributed by atoms with Crippen molar-refractivity contribution >= 4 is 40.9 Å². The second-order valence-corrected chi connectivity index (χ2v) is 13.4. The van der Waals surface area contributed by atoms with Gasteiger partial charge in [-0.1, -0.05) is 65.8 Å². The third kappa shape index (κ3) is 9.49. The highest BCUT2D eigenvalue weighted by molar-refractivity contribution is 7.14. The number of benzene rings is 2. The first-order valence-electron chi connectivity index (χ1n) is 15.7. The van der Waals surface area contributed by atoms with Crippen LogP contribution in [0.4, 0.5) is 0 Å². The fraction of sp³-hybridized carbons (Fsp3) is 0.400. The molecule has 250 valence electrons. The van der Waals surface area contributed by atoms with Gasteiger partial charge in [-0.25, -0.2) is 4.79 Å². The second-order valence-electron chi connectivity index (χ2n) is 12.2. The van der Waals surface area contributed by atoms with Crippen molar-refractivity contribution in [2.24, 2.45) is 16.3 Å². The van der Waals surface area contributed by atoms with Crippen LogP contribution in [0.3, 0.4) is 0 Å². The van der Waals surface area contributed by atoms with E-state index in [0.717, 1.165) is 16.0 Å². The standard InChI is InChI=1S/C35H43N5O6S/c1-5-45-28(41)22-37-30(29(23-13-8-6-9-14-23)24-15-10-7-11-16-24)33(43)40-20-12-17-26(40)32(42)38-21-25-18-19-27(47-25)31(36)39-46-34(44)35(2,3)4/h6-11,13-16,18-19,26,29-30,37H,5,12,17,20-22H2,1-4H3,(H2,36,39)(H,38,42)/t26-,30+/m0/s1. The summed E-state index contributed by atoms with van der Waals surface area (Å²) in [5.74, 6) is -1.87. The lowest BCUT2D eigenvalue weighted by molar-refractivity contribution is -0.153. The fourth-order valence-corrected chi connectivity index (χ4v) is 6.15. The predicted octanol–water partition coefficient (Wildman–Crippen LogP) is 3.92. The van der Waals surface area contributed by atoms with Gasteiger partial charge in [0.15, 0.2) is 5.84 Å². The highest BCUT2D eigenvalue weighted by Crippen LogP contribution is 2.31. The van der Waals surface area contributed by atoms with E-state index in [1.54, 1.807) is 38.7 Å². The number of carbonyl (C=O) groups is 4. The summed E-state index contributed by atoms with van der Waals surface area (Å²) in [6.07, 6.45) is 1.18. The van der Waals surface area contributed by atoms with Crippen molar-refractivity contribution in [2.75, 3.05) is 19.7 Å². The average Bonchev–Trinajstić information content (AvgIpc) is 3.75. The van der Waals surface area contributed by atoms with E-state index in [0.29, 0.717) is 24.3 Å². The second kappa shape index (κ2) is 16.3. The number of thiophene rings is 1. The molecule has 4 rings (SSSR count). The van der Waals surface area contributed by atoms with Crippen LogP contribution in [0.25, 0.3) is 0 Å². The first kappa shape index (κ1) is 35.3. The number of likely N-dealkylation sites (tertiary alicyclic amines) is 1. The Hall–Kier alpha value is -4.55. The minimum absolute atomic E-state index is 0.0606. The zero-order valence-electron chi connectivity index (χ0n) is 27.2. The number of rotatable bonds is 13. The molecular formula is C35H43N5O6S. The van der Waals surface area contributed by atoms with Gasteiger partial charge < -0.3 is 25.5 Å². The summed E-state index contributed by atoms with van der Waals surface area (Å²) in [4.78, 5) is 60.4. The molecule has 1 fully saturated rings. The van der Waals surface area contributed by atoms with E-state index in [-0.39, 0.29) is 37.3 Å². The molecule has 0 aliphatic carbocycles. The van der Waals surface area contributed by atoms with Gasteiger partial charge in [0, 0.05) is 17.3 Å². The lowest BCUT2D eigenvalue weighted by atomic mass is 9.84. The molecule has 1 aromatic heterocycles. The molecule has 0 spiro atoms. The molecular weight excluding hydrogens is 618 g/mol. The van der Waals surface area contributed by atoms with Crippen molar-refractivity contribution in [2.45, 2.75) is 65.1 Å². The summed E-state index contributed by atoms with van der Waals surface area (Å²) in [7, 11) is 0. The third-order valence-corrected chi connectivity index (χ3v) is 8.82. The van der Waals surface area contributed by atoms with Crippen LogP contribution in [0.2, 0.25) is 0 Å². The van der Waals surface area contributed by atoms with E-state index < -0.39 is 35.4 Å². The number of hydrogen-bond donors (Lipinski definition) is 3. The third-order valence-electron chi connectivity index (χ3n) is 7.72. The summed E-state index contributed by atoms with van der Waals surface area (Å²) in [6, 6.07) is 21.4. The maximum Gasteiger partial charge on any atom is 0.340 e. The Morgan fingerprint density at radius 2 is 1.64 bits per heavy atom. The number of nitrogens with zero attached hydrogens (tertiary/aromatic N) is 2. The zero-order chi connectivity index (χ0) is 34.0. The number of amides is 2. The quantitative estimate of drug-likeness (QED) is 0.0820. The van der Waals surface area contributed by atoms with Gasteiger partial charge in [0.25, 0.3) is 0 Å². The molecule has 4 N–H and O–H groups in total. The lowest BCUT2D eigenvalue weighted by Gasteiger charge is -2.33. The molecule has 1 saturated heterocycles. The summed E-state index contributed by atoms with van der Waals surface area (Å²) < 4.78 is 5.15. The van der Waals surface area contributed by atoms with Crippen LogP contribution < -0.4 is 16.4 Å². The van der Waals surface area contributed by atoms with Crippen LogP contribution in [0.1, 0.15) is 67.3 Å². The highest BCUT2D eigenvalue weighted by Gasteiger charge is 2.41. The van der Waals surface area contributed by atoms with Crippen molar-refractivity contribution < 1.29 is 28.8 Å². The van der Waals surface area contributed by atoms with E-state index in [1.165, 1.54) is 11.3 Å². The SMILES string of the molecule is CCOC(=O)CN[C@@H](C(=O)N1CCC[C@H]1C(=O)NCc1ccc(/C(N)=N/OC(=O)C(C)(C)C)s1)C(c1ccccc1)c1ccccc1. The molecule has 0 radical (unpaired) electrons. The van der Waals surface area contributed by atoms with Gasteiger partial charge in [-0.15, -0.1) is 11.3 Å². The molecule has 0 bridgehead atoms. The van der Waals surface area contributed by atoms with E-state index in [4.69, 9.17) is 15.3 Å². The van der Waals surface area contributed by atoms with Gasteiger partial charge in [-0.05, 0) is 63.8 Å². The number of nitrogens with two attached hydrogens (primary N) is 1. The minimum atomic E-state index is -0.841. The van der Waals surface area contributed by atoms with Gasteiger partial charge in [-0.2, -0.15) is 0 Å². The van der Waals surface area contributed by atoms with E-state index in [1.807, 2.05) is 66.7 Å². The number of hydrogen-bond acceptors (Lipinski definition) is 9. The summed E-state index contributed by atoms with van der Waals surface area (Å²) in [5, 5.41) is 9.91. The van der Waals surface area contributed by atoms with Gasteiger partial charge in [-0.3, -0.25) is 19.7 Å². The number of oxime groups is 1. The molecule has 47 heavy (non-hydrogen) atoms. The highest BCUT2D eigenvalue weighted by atomic mass is 32.1. The summed E-state index contributed by atoms with van der Waals surface area (Å²) >= 11 is 1.31. The van der Waals surface area contributed by atoms with Crippen LogP contribution in [0, 0.1) is 5.41 Å². The number of carbonyl (C=O) groups excluding carboxylic acids is 4. The first-order valence-corrected chi connectivity index (χ1v) is 16.5. The van der Waals surface area contributed by atoms with Crippen molar-refractivity contribution in [3.8, 4) is 0 Å². The fourth-order valence-electron chi connectivity index (χ4n) is 5.31. The molecule has 0 saturated carbocycles. The number of amidine groups is 1. The summed E-state index contributed by atoms with van der Waals surface area (Å²) in [5.41, 5.74) is 7.11. The minimum Gasteiger partial charge on any atom is -0.465 e. The molecule has 11 nitrogen and oxygen atoms in total. The molecule has 0 unspecified atom stereocenters. The van der Waals surface area contributed by atoms with Crippen molar-refractivity contribution in [3.05, 3.63) is 93.7 Å². The molecule has 2 atom stereocenters. The van der Waals surface area contributed by atoms with Gasteiger partial charge in [0.05, 0.1) is 36.0 Å². The van der Waals surface area contributed by atoms with Crippen LogP contribution >= 0.6 is 11.3 Å². The van der Waals surface area contributed by atoms with Gasteiger partial charge >= 0.3 is 11.9 Å². The lowest BCUT2D eigenvalue weighted by Crippen LogP contribution is -2.55. The predicted molar refractivity (Wildman–Crippen MR) is 180 cm³/mol. The van der Waals surface area contributed by atoms with Crippen LogP contribution in [-0.2, 0) is 35.3 Å². The molecule has 2 aromatic carbocycles. The van der Waals surface area contributed by atoms with E-state index in [2.05, 4.69) is 15.8 Å². The van der Waals surface area contributed by atoms with Crippen LogP contribution in [0.5, 0.6) is 0 Å². The Labute approximate surface area is 279 Å². The maximum atomic E-state index is 14.4.